The maximum absolute atomic E-state index is 9.95. The Hall–Kier alpha value is -2.60. The topological polar surface area (TPSA) is 79.7 Å². The second kappa shape index (κ2) is 6.37. The standard InChI is InChI=1S/C19H23N5O/c1-13-10-19-21-16(11-18(20)24(19)22-13)14-6-8-23(9-7-14)12-15-4-2-3-5-17(15)25/h2-5,10-11,14,25H,6-9,12,20H2,1H3. The van der Waals surface area contributed by atoms with Crippen molar-refractivity contribution in [3.8, 4) is 5.75 Å². The lowest BCUT2D eigenvalue weighted by Crippen LogP contribution is -2.32. The molecule has 0 bridgehead atoms. The summed E-state index contributed by atoms with van der Waals surface area (Å²) >= 11 is 0. The van der Waals surface area contributed by atoms with E-state index in [9.17, 15) is 5.11 Å². The quantitative estimate of drug-likeness (QED) is 0.768. The minimum absolute atomic E-state index is 0.376. The Labute approximate surface area is 146 Å². The first-order chi connectivity index (χ1) is 12.1. The summed E-state index contributed by atoms with van der Waals surface area (Å²) in [6.45, 7) is 4.72. The number of anilines is 1. The molecule has 1 aliphatic heterocycles. The average Bonchev–Trinajstić information content (AvgIpc) is 2.99. The van der Waals surface area contributed by atoms with Gasteiger partial charge in [-0.1, -0.05) is 18.2 Å². The minimum atomic E-state index is 0.376. The summed E-state index contributed by atoms with van der Waals surface area (Å²) in [5.74, 6) is 1.44. The highest BCUT2D eigenvalue weighted by atomic mass is 16.3. The van der Waals surface area contributed by atoms with Gasteiger partial charge >= 0.3 is 0 Å². The van der Waals surface area contributed by atoms with E-state index in [1.807, 2.05) is 37.3 Å². The monoisotopic (exact) mass is 337 g/mol. The molecule has 1 saturated heterocycles. The Kier molecular flexibility index (Phi) is 4.05. The smallest absolute Gasteiger partial charge is 0.157 e. The normalized spacial score (nSPS) is 16.5. The number of nitrogen functional groups attached to an aromatic ring is 1. The van der Waals surface area contributed by atoms with Crippen molar-refractivity contribution < 1.29 is 5.11 Å². The lowest BCUT2D eigenvalue weighted by atomic mass is 9.93. The van der Waals surface area contributed by atoms with Gasteiger partial charge < -0.3 is 10.8 Å². The lowest BCUT2D eigenvalue weighted by molar-refractivity contribution is 0.201. The van der Waals surface area contributed by atoms with Crippen molar-refractivity contribution in [2.75, 3.05) is 18.8 Å². The summed E-state index contributed by atoms with van der Waals surface area (Å²) in [5.41, 5.74) is 9.94. The highest BCUT2D eigenvalue weighted by molar-refractivity contribution is 5.48. The van der Waals surface area contributed by atoms with Crippen LogP contribution in [0.1, 0.15) is 35.7 Å². The first kappa shape index (κ1) is 15.9. The van der Waals surface area contributed by atoms with Crippen LogP contribution in [-0.4, -0.2) is 37.7 Å². The Balaban J connectivity index is 1.46. The Morgan fingerprint density at radius 2 is 1.96 bits per heavy atom. The number of aromatic hydroxyl groups is 1. The molecule has 0 unspecified atom stereocenters. The van der Waals surface area contributed by atoms with Crippen LogP contribution in [0, 0.1) is 6.92 Å². The number of nitrogens with zero attached hydrogens (tertiary/aromatic N) is 4. The van der Waals surface area contributed by atoms with Crippen molar-refractivity contribution in [3.05, 3.63) is 53.3 Å². The second-order valence-corrected chi connectivity index (χ2v) is 6.84. The number of fused-ring (bicyclic) bond motifs is 1. The number of nitrogens with two attached hydrogens (primary N) is 1. The third kappa shape index (κ3) is 3.17. The molecule has 0 spiro atoms. The first-order valence-electron chi connectivity index (χ1n) is 8.72. The first-order valence-corrected chi connectivity index (χ1v) is 8.72. The van der Waals surface area contributed by atoms with Crippen LogP contribution < -0.4 is 5.73 Å². The number of phenolic OH excluding ortho intramolecular Hbond substituents is 1. The predicted molar refractivity (Wildman–Crippen MR) is 97.5 cm³/mol. The third-order valence-corrected chi connectivity index (χ3v) is 4.99. The maximum atomic E-state index is 9.95. The SMILES string of the molecule is Cc1cc2nc(C3CCN(Cc4ccccc4O)CC3)cc(N)n2n1. The van der Waals surface area contributed by atoms with Gasteiger partial charge in [-0.25, -0.2) is 4.98 Å². The Morgan fingerprint density at radius 3 is 2.72 bits per heavy atom. The van der Waals surface area contributed by atoms with Gasteiger partial charge in [-0.3, -0.25) is 4.90 Å². The molecular weight excluding hydrogens is 314 g/mol. The van der Waals surface area contributed by atoms with Crippen LogP contribution >= 0.6 is 0 Å². The van der Waals surface area contributed by atoms with Gasteiger partial charge in [0.2, 0.25) is 0 Å². The second-order valence-electron chi connectivity index (χ2n) is 6.84. The number of likely N-dealkylation sites (tertiary alicyclic amines) is 1. The van der Waals surface area contributed by atoms with E-state index >= 15 is 0 Å². The molecule has 3 heterocycles. The van der Waals surface area contributed by atoms with E-state index in [0.717, 1.165) is 55.1 Å². The highest BCUT2D eigenvalue weighted by Gasteiger charge is 2.23. The molecule has 25 heavy (non-hydrogen) atoms. The summed E-state index contributed by atoms with van der Waals surface area (Å²) in [4.78, 5) is 7.15. The van der Waals surface area contributed by atoms with Crippen molar-refractivity contribution in [2.24, 2.45) is 0 Å². The number of hydrogen-bond donors (Lipinski definition) is 2. The maximum Gasteiger partial charge on any atom is 0.157 e. The van der Waals surface area contributed by atoms with Crippen LogP contribution in [-0.2, 0) is 6.54 Å². The molecule has 0 saturated carbocycles. The molecule has 3 aromatic rings. The number of aromatic nitrogens is 3. The summed E-state index contributed by atoms with van der Waals surface area (Å²) < 4.78 is 1.70. The van der Waals surface area contributed by atoms with Crippen molar-refractivity contribution in [3.63, 3.8) is 0 Å². The van der Waals surface area contributed by atoms with E-state index in [1.54, 1.807) is 10.6 Å². The number of rotatable bonds is 3. The number of benzene rings is 1. The number of hydrogen-bond acceptors (Lipinski definition) is 5. The summed E-state index contributed by atoms with van der Waals surface area (Å²) in [5, 5.41) is 14.3. The van der Waals surface area contributed by atoms with Crippen LogP contribution in [0.25, 0.3) is 5.65 Å². The predicted octanol–water partition coefficient (Wildman–Crippen LogP) is 2.71. The largest absolute Gasteiger partial charge is 0.508 e. The molecule has 0 amide bonds. The molecule has 6 heteroatoms. The van der Waals surface area contributed by atoms with Crippen molar-refractivity contribution in [1.82, 2.24) is 19.5 Å². The van der Waals surface area contributed by atoms with Gasteiger partial charge in [0.1, 0.15) is 11.6 Å². The molecular formula is C19H23N5O. The average molecular weight is 337 g/mol. The molecule has 6 nitrogen and oxygen atoms in total. The van der Waals surface area contributed by atoms with Crippen LogP contribution in [0.15, 0.2) is 36.4 Å². The molecule has 3 N–H and O–H groups in total. The zero-order chi connectivity index (χ0) is 17.4. The van der Waals surface area contributed by atoms with Gasteiger partial charge in [0.25, 0.3) is 0 Å². The van der Waals surface area contributed by atoms with Crippen molar-refractivity contribution in [2.45, 2.75) is 32.2 Å². The molecule has 1 aromatic carbocycles. The number of aryl methyl sites for hydroxylation is 1. The van der Waals surface area contributed by atoms with E-state index in [0.29, 0.717) is 17.5 Å². The fraction of sp³-hybridized carbons (Fsp3) is 0.368. The third-order valence-electron chi connectivity index (χ3n) is 4.99. The molecule has 0 atom stereocenters. The van der Waals surface area contributed by atoms with E-state index in [1.165, 1.54) is 0 Å². The van der Waals surface area contributed by atoms with Crippen molar-refractivity contribution >= 4 is 11.5 Å². The Bertz CT molecular complexity index is 896. The van der Waals surface area contributed by atoms with Gasteiger partial charge in [-0.15, -0.1) is 0 Å². The van der Waals surface area contributed by atoms with Gasteiger partial charge in [0.15, 0.2) is 5.65 Å². The van der Waals surface area contributed by atoms with Crippen molar-refractivity contribution in [1.29, 1.82) is 0 Å². The summed E-state index contributed by atoms with van der Waals surface area (Å²) in [6, 6.07) is 11.5. The van der Waals surface area contributed by atoms with E-state index in [4.69, 9.17) is 10.7 Å². The minimum Gasteiger partial charge on any atom is -0.508 e. The molecule has 1 aliphatic rings. The van der Waals surface area contributed by atoms with Crippen LogP contribution in [0.3, 0.4) is 0 Å². The van der Waals surface area contributed by atoms with E-state index in [-0.39, 0.29) is 0 Å². The zero-order valence-electron chi connectivity index (χ0n) is 14.4. The molecule has 2 aromatic heterocycles. The highest BCUT2D eigenvalue weighted by Crippen LogP contribution is 2.30. The van der Waals surface area contributed by atoms with Gasteiger partial charge in [-0.05, 0) is 38.9 Å². The fourth-order valence-electron chi connectivity index (χ4n) is 3.61. The van der Waals surface area contributed by atoms with E-state index in [2.05, 4.69) is 10.00 Å². The number of piperidine rings is 1. The van der Waals surface area contributed by atoms with E-state index < -0.39 is 0 Å². The summed E-state index contributed by atoms with van der Waals surface area (Å²) in [7, 11) is 0. The van der Waals surface area contributed by atoms with Crippen LogP contribution in [0.2, 0.25) is 0 Å². The molecule has 4 rings (SSSR count). The van der Waals surface area contributed by atoms with Gasteiger partial charge in [0, 0.05) is 35.9 Å². The fourth-order valence-corrected chi connectivity index (χ4v) is 3.61. The number of phenols is 1. The zero-order valence-corrected chi connectivity index (χ0v) is 14.4. The van der Waals surface area contributed by atoms with Gasteiger partial charge in [0.05, 0.1) is 5.69 Å². The Morgan fingerprint density at radius 1 is 1.20 bits per heavy atom. The molecule has 0 radical (unpaired) electrons. The lowest BCUT2D eigenvalue weighted by Gasteiger charge is -2.31. The molecule has 0 aliphatic carbocycles. The molecule has 130 valence electrons. The van der Waals surface area contributed by atoms with Gasteiger partial charge in [-0.2, -0.15) is 9.61 Å². The van der Waals surface area contributed by atoms with Crippen LogP contribution in [0.5, 0.6) is 5.75 Å². The number of para-hydroxylation sites is 1. The van der Waals surface area contributed by atoms with Crippen LogP contribution in [0.4, 0.5) is 5.82 Å². The summed E-state index contributed by atoms with van der Waals surface area (Å²) in [6.07, 6.45) is 2.09. The molecule has 1 fully saturated rings.